The van der Waals surface area contributed by atoms with Gasteiger partial charge in [-0.15, -0.1) is 0 Å². The first kappa shape index (κ1) is 24.8. The Labute approximate surface area is 162 Å². The number of aldehydes is 1. The van der Waals surface area contributed by atoms with Crippen LogP contribution in [0.2, 0.25) is 0 Å². The second kappa shape index (κ2) is 12.3. The summed E-state index contributed by atoms with van der Waals surface area (Å²) in [5.74, 6) is 0.557. The van der Waals surface area contributed by atoms with Gasteiger partial charge in [-0.1, -0.05) is 12.1 Å². The van der Waals surface area contributed by atoms with E-state index in [0.717, 1.165) is 6.29 Å². The predicted molar refractivity (Wildman–Crippen MR) is 96.6 cm³/mol. The number of hydrogen-bond acceptors (Lipinski definition) is 8. The Morgan fingerprint density at radius 3 is 2.14 bits per heavy atom. The molecule has 0 bridgehead atoms. The number of carbonyl (C=O) groups is 1. The monoisotopic (exact) mass is 441 g/mol. The number of carbonyl (C=O) groups excluding carboxylic acids is 1. The highest BCUT2D eigenvalue weighted by atomic mass is 31.2. The second-order valence-corrected chi connectivity index (χ2v) is 8.87. The van der Waals surface area contributed by atoms with Crippen molar-refractivity contribution in [2.24, 2.45) is 0 Å². The minimum atomic E-state index is -5.24. The van der Waals surface area contributed by atoms with Crippen LogP contribution in [0.25, 0.3) is 0 Å². The summed E-state index contributed by atoms with van der Waals surface area (Å²) in [4.78, 5) is 37.3. The van der Waals surface area contributed by atoms with E-state index in [2.05, 4.69) is 0 Å². The molecule has 0 fully saturated rings. The lowest BCUT2D eigenvalue weighted by atomic mass is 10.2. The largest absolute Gasteiger partial charge is 0.557 e. The third-order valence-corrected chi connectivity index (χ3v) is 6.40. The number of rotatable bonds is 15. The molecule has 0 aliphatic carbocycles. The smallest absolute Gasteiger partial charge is 0.491 e. The van der Waals surface area contributed by atoms with E-state index in [0.29, 0.717) is 17.9 Å². The average Bonchev–Trinajstić information content (AvgIpc) is 2.64. The van der Waals surface area contributed by atoms with E-state index in [-0.39, 0.29) is 33.0 Å². The minimum absolute atomic E-state index is 0.0256. The van der Waals surface area contributed by atoms with Crippen molar-refractivity contribution in [3.63, 3.8) is 0 Å². The highest BCUT2D eigenvalue weighted by molar-refractivity contribution is 7.66. The molecule has 2 atom stereocenters. The first-order chi connectivity index (χ1) is 13.2. The van der Waals surface area contributed by atoms with Gasteiger partial charge < -0.3 is 33.8 Å². The number of ether oxygens (including phenoxy) is 4. The van der Waals surface area contributed by atoms with Gasteiger partial charge in [-0.25, -0.2) is 0 Å². The SMILES string of the molecule is O=Cc1cccc(OCCOCCOCCOCC(O)([P+](=O)O)P(=O)(O)O)c1. The molecule has 0 aromatic heterocycles. The van der Waals surface area contributed by atoms with Gasteiger partial charge in [0.05, 0.1) is 33.0 Å². The van der Waals surface area contributed by atoms with E-state index >= 15 is 0 Å². The fourth-order valence-corrected chi connectivity index (χ4v) is 3.15. The molecule has 0 aliphatic rings. The molecule has 2 unspecified atom stereocenters. The van der Waals surface area contributed by atoms with Gasteiger partial charge in [0.25, 0.3) is 0 Å². The zero-order chi connectivity index (χ0) is 21.0. The molecule has 28 heavy (non-hydrogen) atoms. The molecule has 4 N–H and O–H groups in total. The fraction of sp³-hybridized carbons (Fsp3) is 0.533. The van der Waals surface area contributed by atoms with Gasteiger partial charge in [-0.2, -0.15) is 4.89 Å². The van der Waals surface area contributed by atoms with Gasteiger partial charge in [0, 0.05) is 5.56 Å². The molecule has 1 aromatic carbocycles. The van der Waals surface area contributed by atoms with Crippen molar-refractivity contribution in [2.75, 3.05) is 46.2 Å². The van der Waals surface area contributed by atoms with Gasteiger partial charge in [-0.3, -0.25) is 9.36 Å². The van der Waals surface area contributed by atoms with Crippen LogP contribution >= 0.6 is 15.6 Å². The molecule has 13 heteroatoms. The summed E-state index contributed by atoms with van der Waals surface area (Å²) in [5.41, 5.74) is 0.513. The van der Waals surface area contributed by atoms with Crippen molar-refractivity contribution < 1.29 is 52.7 Å². The van der Waals surface area contributed by atoms with Gasteiger partial charge in [0.15, 0.2) is 0 Å². The maximum atomic E-state index is 11.1. The van der Waals surface area contributed by atoms with E-state index in [4.69, 9.17) is 33.6 Å². The van der Waals surface area contributed by atoms with Gasteiger partial charge in [-0.05, 0) is 16.7 Å². The first-order valence-electron chi connectivity index (χ1n) is 8.06. The van der Waals surface area contributed by atoms with Crippen LogP contribution in [0.5, 0.6) is 5.75 Å². The highest BCUT2D eigenvalue weighted by Gasteiger charge is 2.63. The Kier molecular flexibility index (Phi) is 10.9. The maximum Gasteiger partial charge on any atom is 0.557 e. The molecule has 158 valence electrons. The number of aliphatic hydroxyl groups is 1. The minimum Gasteiger partial charge on any atom is -0.491 e. The van der Waals surface area contributed by atoms with Crippen molar-refractivity contribution in [3.8, 4) is 5.75 Å². The molecular formula is C15H23O11P2+. The van der Waals surface area contributed by atoms with Crippen LogP contribution < -0.4 is 4.74 Å². The van der Waals surface area contributed by atoms with Crippen LogP contribution in [0.15, 0.2) is 24.3 Å². The Bertz CT molecular complexity index is 678. The van der Waals surface area contributed by atoms with Gasteiger partial charge >= 0.3 is 20.7 Å². The van der Waals surface area contributed by atoms with Crippen molar-refractivity contribution in [1.82, 2.24) is 0 Å². The molecular weight excluding hydrogens is 418 g/mol. The highest BCUT2D eigenvalue weighted by Crippen LogP contribution is 2.59. The Morgan fingerprint density at radius 2 is 1.61 bits per heavy atom. The number of benzene rings is 1. The lowest BCUT2D eigenvalue weighted by Crippen LogP contribution is -2.31. The quantitative estimate of drug-likeness (QED) is 0.170. The molecule has 0 radical (unpaired) electrons. The normalized spacial score (nSPS) is 14.4. The number of hydrogen-bond donors (Lipinski definition) is 4. The Hall–Kier alpha value is -1.26. The summed E-state index contributed by atoms with van der Waals surface area (Å²) in [6.45, 7) is -0.0889. The van der Waals surface area contributed by atoms with Gasteiger partial charge in [0.2, 0.25) is 0 Å². The average molecular weight is 441 g/mol. The lowest BCUT2D eigenvalue weighted by Gasteiger charge is -2.16. The molecule has 1 rings (SSSR count). The third-order valence-electron chi connectivity index (χ3n) is 3.30. The summed E-state index contributed by atoms with van der Waals surface area (Å²) in [5, 5.41) is 6.41. The van der Waals surface area contributed by atoms with Crippen LogP contribution in [0.3, 0.4) is 0 Å². The predicted octanol–water partition coefficient (Wildman–Crippen LogP) is 0.486. The van der Waals surface area contributed by atoms with Crippen LogP contribution in [-0.2, 0) is 23.3 Å². The summed E-state index contributed by atoms with van der Waals surface area (Å²) >= 11 is 0. The van der Waals surface area contributed by atoms with Crippen LogP contribution in [0.1, 0.15) is 10.4 Å². The molecule has 0 saturated heterocycles. The van der Waals surface area contributed by atoms with E-state index in [1.165, 1.54) is 0 Å². The molecule has 0 heterocycles. The summed E-state index contributed by atoms with van der Waals surface area (Å²) in [6, 6.07) is 6.69. The molecule has 1 aromatic rings. The molecule has 0 spiro atoms. The van der Waals surface area contributed by atoms with Crippen LogP contribution in [0, 0.1) is 0 Å². The molecule has 0 aliphatic heterocycles. The Morgan fingerprint density at radius 1 is 1.04 bits per heavy atom. The van der Waals surface area contributed by atoms with E-state index in [1.54, 1.807) is 24.3 Å². The third kappa shape index (κ3) is 8.40. The topological polar surface area (TPSA) is 169 Å². The molecule has 11 nitrogen and oxygen atoms in total. The zero-order valence-corrected chi connectivity index (χ0v) is 16.7. The van der Waals surface area contributed by atoms with Crippen molar-refractivity contribution in [1.29, 1.82) is 0 Å². The first-order valence-corrected chi connectivity index (χ1v) is 10.9. The fourth-order valence-electron chi connectivity index (χ4n) is 1.80. The van der Waals surface area contributed by atoms with Crippen LogP contribution in [0.4, 0.5) is 0 Å². The molecule has 0 saturated carbocycles. The van der Waals surface area contributed by atoms with E-state index < -0.39 is 27.3 Å². The standard InChI is InChI=1S/C15H22O11P2/c16-11-13-2-1-3-14(10-13)26-9-8-24-5-4-23-6-7-25-12-15(17,27(18)19)28(20,21)22/h1-3,10-11,17H,4-9,12H2,(H2-,18,19,20,21,22)/p+1. The Balaban J connectivity index is 2.05. The summed E-state index contributed by atoms with van der Waals surface area (Å²) < 4.78 is 42.6. The summed E-state index contributed by atoms with van der Waals surface area (Å²) in [7, 11) is -8.80. The molecule has 0 amide bonds. The van der Waals surface area contributed by atoms with Crippen molar-refractivity contribution in [3.05, 3.63) is 29.8 Å². The maximum absolute atomic E-state index is 11.1. The van der Waals surface area contributed by atoms with Gasteiger partial charge in [0.1, 0.15) is 25.2 Å². The van der Waals surface area contributed by atoms with E-state index in [1.807, 2.05) is 0 Å². The van der Waals surface area contributed by atoms with Crippen molar-refractivity contribution in [2.45, 2.75) is 5.08 Å². The second-order valence-electron chi connectivity index (χ2n) is 5.41. The summed E-state index contributed by atoms with van der Waals surface area (Å²) in [6.07, 6.45) is 0.723. The lowest BCUT2D eigenvalue weighted by molar-refractivity contribution is -0.0117. The van der Waals surface area contributed by atoms with Crippen LogP contribution in [-0.4, -0.2) is 77.4 Å². The van der Waals surface area contributed by atoms with E-state index in [9.17, 15) is 19.0 Å². The van der Waals surface area contributed by atoms with Crippen molar-refractivity contribution >= 4 is 21.9 Å². The zero-order valence-electron chi connectivity index (χ0n) is 14.9.